The molecular weight excluding hydrogens is 369 g/mol. The number of carbonyl (C=O) groups is 1. The van der Waals surface area contributed by atoms with Gasteiger partial charge in [-0.2, -0.15) is 0 Å². The molecule has 6 nitrogen and oxygen atoms in total. The molecule has 21 heavy (non-hydrogen) atoms. The Morgan fingerprint density at radius 3 is 2.81 bits per heavy atom. The van der Waals surface area contributed by atoms with E-state index in [0.29, 0.717) is 6.61 Å². The summed E-state index contributed by atoms with van der Waals surface area (Å²) < 4.78 is 46.5. The van der Waals surface area contributed by atoms with E-state index in [1.807, 2.05) is 0 Å². The van der Waals surface area contributed by atoms with Crippen molar-refractivity contribution in [2.75, 3.05) is 13.2 Å². The molecule has 1 unspecified atom stereocenters. The van der Waals surface area contributed by atoms with Gasteiger partial charge in [-0.15, -0.1) is 0 Å². The summed E-state index contributed by atoms with van der Waals surface area (Å²) in [5.41, 5.74) is -0.113. The van der Waals surface area contributed by atoms with E-state index in [0.717, 1.165) is 25.0 Å². The Morgan fingerprint density at radius 2 is 2.24 bits per heavy atom. The van der Waals surface area contributed by atoms with Crippen LogP contribution in [0.15, 0.2) is 21.5 Å². The summed E-state index contributed by atoms with van der Waals surface area (Å²) >= 11 is 2.99. The second kappa shape index (κ2) is 6.39. The molecule has 1 saturated heterocycles. The Bertz CT molecular complexity index is 658. The Labute approximate surface area is 129 Å². The van der Waals surface area contributed by atoms with E-state index in [-0.39, 0.29) is 22.7 Å². The van der Waals surface area contributed by atoms with Crippen molar-refractivity contribution < 1.29 is 27.1 Å². The summed E-state index contributed by atoms with van der Waals surface area (Å²) in [6.07, 6.45) is 1.53. The smallest absolute Gasteiger partial charge is 0.339 e. The average molecular weight is 382 g/mol. The van der Waals surface area contributed by atoms with Crippen molar-refractivity contribution >= 4 is 31.9 Å². The van der Waals surface area contributed by atoms with E-state index in [9.17, 15) is 17.6 Å². The molecular formula is C12H13BrFNO5S. The van der Waals surface area contributed by atoms with Crippen LogP contribution in [0.4, 0.5) is 4.39 Å². The van der Waals surface area contributed by atoms with Crippen molar-refractivity contribution in [1.29, 1.82) is 0 Å². The molecule has 0 aromatic heterocycles. The molecule has 9 heteroatoms. The molecule has 1 aliphatic heterocycles. The lowest BCUT2D eigenvalue weighted by molar-refractivity contribution is 0.0160. The number of primary sulfonamides is 1. The lowest BCUT2D eigenvalue weighted by atomic mass is 10.2. The third kappa shape index (κ3) is 4.00. The summed E-state index contributed by atoms with van der Waals surface area (Å²) in [7, 11) is -4.27. The summed E-state index contributed by atoms with van der Waals surface area (Å²) in [6.45, 7) is 0.686. The zero-order valence-electron chi connectivity index (χ0n) is 10.8. The number of benzene rings is 1. The molecule has 1 aliphatic rings. The first-order valence-electron chi connectivity index (χ1n) is 6.09. The molecule has 1 aromatic carbocycles. The molecule has 0 aliphatic carbocycles. The fourth-order valence-corrected chi connectivity index (χ4v) is 3.02. The maximum absolute atomic E-state index is 13.6. The van der Waals surface area contributed by atoms with Crippen LogP contribution in [0, 0.1) is 5.82 Å². The van der Waals surface area contributed by atoms with E-state index >= 15 is 0 Å². The van der Waals surface area contributed by atoms with Crippen molar-refractivity contribution in [3.05, 3.63) is 28.0 Å². The van der Waals surface area contributed by atoms with Gasteiger partial charge in [-0.05, 0) is 40.9 Å². The predicted octanol–water partition coefficient (Wildman–Crippen LogP) is 1.57. The van der Waals surface area contributed by atoms with Gasteiger partial charge in [0.05, 0.1) is 11.7 Å². The van der Waals surface area contributed by atoms with Crippen LogP contribution in [0.1, 0.15) is 23.2 Å². The molecule has 1 heterocycles. The molecule has 0 saturated carbocycles. The Morgan fingerprint density at radius 1 is 1.52 bits per heavy atom. The SMILES string of the molecule is NS(=O)(=O)c1cc(C(=O)OCC2CCCO2)c(Br)cc1F. The van der Waals surface area contributed by atoms with Crippen LogP contribution in [-0.2, 0) is 19.5 Å². The quantitative estimate of drug-likeness (QED) is 0.798. The van der Waals surface area contributed by atoms with E-state index in [2.05, 4.69) is 15.9 Å². The molecule has 1 fully saturated rings. The maximum Gasteiger partial charge on any atom is 0.339 e. The number of hydrogen-bond acceptors (Lipinski definition) is 5. The highest BCUT2D eigenvalue weighted by Crippen LogP contribution is 2.25. The van der Waals surface area contributed by atoms with Crippen LogP contribution in [0.2, 0.25) is 0 Å². The molecule has 116 valence electrons. The Balaban J connectivity index is 2.20. The molecule has 0 amide bonds. The molecule has 0 radical (unpaired) electrons. The number of halogens is 2. The van der Waals surface area contributed by atoms with Crippen LogP contribution in [0.25, 0.3) is 0 Å². The first-order chi connectivity index (χ1) is 9.79. The van der Waals surface area contributed by atoms with Gasteiger partial charge < -0.3 is 9.47 Å². The topological polar surface area (TPSA) is 95.7 Å². The van der Waals surface area contributed by atoms with Crippen molar-refractivity contribution in [1.82, 2.24) is 0 Å². The third-order valence-corrected chi connectivity index (χ3v) is 4.55. The van der Waals surface area contributed by atoms with Crippen molar-refractivity contribution in [3.8, 4) is 0 Å². The Hall–Kier alpha value is -1.03. The van der Waals surface area contributed by atoms with Gasteiger partial charge in [0.1, 0.15) is 17.3 Å². The normalized spacial score (nSPS) is 18.7. The van der Waals surface area contributed by atoms with E-state index in [1.165, 1.54) is 0 Å². The standard InChI is InChI=1S/C12H13BrFNO5S/c13-9-5-10(14)11(21(15,17)18)4-8(9)12(16)20-6-7-2-1-3-19-7/h4-5,7H,1-3,6H2,(H2,15,17,18). The second-order valence-corrected chi connectivity index (χ2v) is 6.93. The number of nitrogens with two attached hydrogens (primary N) is 1. The van der Waals surface area contributed by atoms with Crippen molar-refractivity contribution in [2.45, 2.75) is 23.8 Å². The molecule has 2 rings (SSSR count). The van der Waals surface area contributed by atoms with Crippen LogP contribution in [0.5, 0.6) is 0 Å². The predicted molar refractivity (Wildman–Crippen MR) is 74.7 cm³/mol. The minimum atomic E-state index is -4.27. The number of sulfonamides is 1. The largest absolute Gasteiger partial charge is 0.459 e. The summed E-state index contributed by atoms with van der Waals surface area (Å²) in [4.78, 5) is 11.2. The number of ether oxygens (including phenoxy) is 2. The van der Waals surface area contributed by atoms with Crippen LogP contribution >= 0.6 is 15.9 Å². The van der Waals surface area contributed by atoms with Crippen LogP contribution in [-0.4, -0.2) is 33.7 Å². The highest BCUT2D eigenvalue weighted by Gasteiger charge is 2.23. The minimum Gasteiger partial charge on any atom is -0.459 e. The van der Waals surface area contributed by atoms with Gasteiger partial charge in [-0.1, -0.05) is 0 Å². The number of esters is 1. The molecule has 0 bridgehead atoms. The number of rotatable bonds is 4. The lowest BCUT2D eigenvalue weighted by Gasteiger charge is -2.12. The summed E-state index contributed by atoms with van der Waals surface area (Å²) in [6, 6.07) is 1.72. The first-order valence-corrected chi connectivity index (χ1v) is 8.43. The first kappa shape index (κ1) is 16.3. The molecule has 0 spiro atoms. The van der Waals surface area contributed by atoms with Gasteiger partial charge in [0.25, 0.3) is 0 Å². The van der Waals surface area contributed by atoms with Crippen molar-refractivity contribution in [3.63, 3.8) is 0 Å². The maximum atomic E-state index is 13.6. The van der Waals surface area contributed by atoms with Crippen LogP contribution < -0.4 is 5.14 Å². The van der Waals surface area contributed by atoms with Gasteiger partial charge >= 0.3 is 5.97 Å². The monoisotopic (exact) mass is 381 g/mol. The fourth-order valence-electron chi connectivity index (χ4n) is 1.93. The second-order valence-electron chi connectivity index (χ2n) is 4.54. The third-order valence-electron chi connectivity index (χ3n) is 2.97. The van der Waals surface area contributed by atoms with Crippen LogP contribution in [0.3, 0.4) is 0 Å². The summed E-state index contributed by atoms with van der Waals surface area (Å²) in [5.74, 6) is -1.82. The zero-order valence-corrected chi connectivity index (χ0v) is 13.2. The van der Waals surface area contributed by atoms with E-state index < -0.39 is 26.7 Å². The Kier molecular flexibility index (Phi) is 4.97. The zero-order chi connectivity index (χ0) is 15.6. The fraction of sp³-hybridized carbons (Fsp3) is 0.417. The molecule has 2 N–H and O–H groups in total. The van der Waals surface area contributed by atoms with Gasteiger partial charge in [0.2, 0.25) is 10.0 Å². The summed E-state index contributed by atoms with van der Waals surface area (Å²) in [5, 5.41) is 4.90. The van der Waals surface area contributed by atoms with E-state index in [1.54, 1.807) is 0 Å². The van der Waals surface area contributed by atoms with Gasteiger partial charge in [0.15, 0.2) is 0 Å². The molecule has 1 atom stereocenters. The number of carbonyl (C=O) groups excluding carboxylic acids is 1. The highest BCUT2D eigenvalue weighted by atomic mass is 79.9. The average Bonchev–Trinajstić information content (AvgIpc) is 2.87. The lowest BCUT2D eigenvalue weighted by Crippen LogP contribution is -2.19. The van der Waals surface area contributed by atoms with Gasteiger partial charge in [-0.25, -0.2) is 22.7 Å². The van der Waals surface area contributed by atoms with E-state index in [4.69, 9.17) is 14.6 Å². The van der Waals surface area contributed by atoms with Crippen molar-refractivity contribution in [2.24, 2.45) is 5.14 Å². The van der Waals surface area contributed by atoms with Gasteiger partial charge in [0, 0.05) is 11.1 Å². The molecule has 1 aromatic rings. The highest BCUT2D eigenvalue weighted by molar-refractivity contribution is 9.10. The minimum absolute atomic E-state index is 0.0629. The number of hydrogen-bond donors (Lipinski definition) is 1. The van der Waals surface area contributed by atoms with Gasteiger partial charge in [-0.3, -0.25) is 0 Å².